The lowest BCUT2D eigenvalue weighted by molar-refractivity contribution is 0.266. The molecular formula is C24H18N4O2. The van der Waals surface area contributed by atoms with Crippen LogP contribution in [-0.2, 0) is 0 Å². The molecule has 0 unspecified atom stereocenters. The third kappa shape index (κ3) is 7.24. The first-order chi connectivity index (χ1) is 14.7. The van der Waals surface area contributed by atoms with E-state index in [9.17, 15) is 0 Å². The average molecular weight is 394 g/mol. The van der Waals surface area contributed by atoms with Crippen LogP contribution in [0.25, 0.3) is 17.0 Å². The largest absolute Gasteiger partial charge is 0.494 e. The maximum atomic E-state index is 8.77. The minimum absolute atomic E-state index is 0.0452. The molecule has 146 valence electrons. The number of allylic oxidation sites excluding steroid dienone is 2. The minimum Gasteiger partial charge on any atom is -0.494 e. The van der Waals surface area contributed by atoms with Crippen molar-refractivity contribution in [1.82, 2.24) is 0 Å². The summed E-state index contributed by atoms with van der Waals surface area (Å²) in [4.78, 5) is 3.13. The maximum Gasteiger partial charge on any atom is 0.262 e. The first-order valence-electron chi connectivity index (χ1n) is 9.15. The standard InChI is InChI=1S/C24H18N4O2/c1-28-22(18-27)15-20-6-10-24(11-7-20)30-13-3-2-12-29-23-8-4-19(5-9-23)14-21(16-25)17-26/h4-11,14-15H,2-3,12-13H2/b22-15+. The van der Waals surface area contributed by atoms with Gasteiger partial charge >= 0.3 is 0 Å². The van der Waals surface area contributed by atoms with E-state index in [4.69, 9.17) is 31.8 Å². The smallest absolute Gasteiger partial charge is 0.262 e. The molecule has 30 heavy (non-hydrogen) atoms. The van der Waals surface area contributed by atoms with Gasteiger partial charge in [-0.05, 0) is 60.4 Å². The highest BCUT2D eigenvalue weighted by atomic mass is 16.5. The van der Waals surface area contributed by atoms with Gasteiger partial charge in [0.2, 0.25) is 0 Å². The molecule has 0 fully saturated rings. The molecule has 0 aliphatic rings. The van der Waals surface area contributed by atoms with Gasteiger partial charge in [0, 0.05) is 0 Å². The molecule has 0 atom stereocenters. The van der Waals surface area contributed by atoms with E-state index in [0.717, 1.165) is 35.5 Å². The summed E-state index contributed by atoms with van der Waals surface area (Å²) in [6.07, 6.45) is 4.71. The van der Waals surface area contributed by atoms with Crippen LogP contribution in [0.4, 0.5) is 0 Å². The van der Waals surface area contributed by atoms with Crippen LogP contribution in [0.3, 0.4) is 0 Å². The van der Waals surface area contributed by atoms with Crippen molar-refractivity contribution < 1.29 is 9.47 Å². The summed E-state index contributed by atoms with van der Waals surface area (Å²) in [5, 5.41) is 26.3. The van der Waals surface area contributed by atoms with Gasteiger partial charge in [-0.1, -0.05) is 24.3 Å². The van der Waals surface area contributed by atoms with Crippen LogP contribution < -0.4 is 9.47 Å². The second kappa shape index (κ2) is 12.0. The molecule has 0 radical (unpaired) electrons. The molecule has 2 aromatic rings. The van der Waals surface area contributed by atoms with Gasteiger partial charge in [-0.25, -0.2) is 10.1 Å². The third-order valence-electron chi connectivity index (χ3n) is 3.93. The van der Waals surface area contributed by atoms with Crippen LogP contribution in [0.2, 0.25) is 0 Å². The number of nitrogens with zero attached hydrogens (tertiary/aromatic N) is 4. The molecule has 0 N–H and O–H groups in total. The van der Waals surface area contributed by atoms with Crippen LogP contribution >= 0.6 is 0 Å². The van der Waals surface area contributed by atoms with E-state index >= 15 is 0 Å². The fraction of sp³-hybridized carbons (Fsp3) is 0.167. The van der Waals surface area contributed by atoms with E-state index in [1.807, 2.05) is 18.2 Å². The molecule has 0 heterocycles. The molecule has 0 aliphatic carbocycles. The molecule has 2 aromatic carbocycles. The summed E-state index contributed by atoms with van der Waals surface area (Å²) in [5.41, 5.74) is 1.66. The highest BCUT2D eigenvalue weighted by Gasteiger charge is 1.99. The van der Waals surface area contributed by atoms with Crippen LogP contribution in [0.1, 0.15) is 24.0 Å². The van der Waals surface area contributed by atoms with E-state index in [-0.39, 0.29) is 11.3 Å². The topological polar surface area (TPSA) is 94.2 Å². The fourth-order valence-corrected chi connectivity index (χ4v) is 2.41. The van der Waals surface area contributed by atoms with Crippen LogP contribution in [0, 0.1) is 40.6 Å². The fourth-order valence-electron chi connectivity index (χ4n) is 2.41. The van der Waals surface area contributed by atoms with Crippen molar-refractivity contribution in [2.45, 2.75) is 12.8 Å². The molecule has 0 aliphatic heterocycles. The molecular weight excluding hydrogens is 376 g/mol. The minimum atomic E-state index is 0.0452. The lowest BCUT2D eigenvalue weighted by atomic mass is 10.1. The Labute approximate surface area is 175 Å². The van der Waals surface area contributed by atoms with Gasteiger partial charge < -0.3 is 9.47 Å². The molecule has 6 nitrogen and oxygen atoms in total. The Bertz CT molecular complexity index is 949. The number of unbranched alkanes of at least 4 members (excludes halogenated alkanes) is 1. The van der Waals surface area contributed by atoms with Gasteiger partial charge in [0.25, 0.3) is 5.70 Å². The van der Waals surface area contributed by atoms with Crippen molar-refractivity contribution in [3.8, 4) is 29.7 Å². The summed E-state index contributed by atoms with van der Waals surface area (Å²) < 4.78 is 11.4. The summed E-state index contributed by atoms with van der Waals surface area (Å²) in [6.45, 7) is 7.98. The van der Waals surface area contributed by atoms with E-state index in [1.54, 1.807) is 48.5 Å². The number of hydrogen-bond acceptors (Lipinski definition) is 5. The SMILES string of the molecule is [C-]#[N+]/C(C#N)=C/c1ccc(OCCCCOc2ccc(C=C(C#N)C#N)cc2)cc1. The quantitative estimate of drug-likeness (QED) is 0.333. The highest BCUT2D eigenvalue weighted by molar-refractivity contribution is 5.62. The van der Waals surface area contributed by atoms with Crippen molar-refractivity contribution in [1.29, 1.82) is 15.8 Å². The number of nitriles is 3. The van der Waals surface area contributed by atoms with E-state index in [2.05, 4.69) is 4.85 Å². The second-order valence-corrected chi connectivity index (χ2v) is 6.08. The molecule has 2 rings (SSSR count). The molecule has 0 spiro atoms. The monoisotopic (exact) mass is 394 g/mol. The average Bonchev–Trinajstić information content (AvgIpc) is 2.79. The zero-order valence-corrected chi connectivity index (χ0v) is 16.2. The zero-order chi connectivity index (χ0) is 21.6. The molecule has 0 amide bonds. The van der Waals surface area contributed by atoms with Crippen LogP contribution in [0.5, 0.6) is 11.5 Å². The highest BCUT2D eigenvalue weighted by Crippen LogP contribution is 2.16. The molecule has 0 aromatic heterocycles. The third-order valence-corrected chi connectivity index (χ3v) is 3.93. The van der Waals surface area contributed by atoms with Crippen molar-refractivity contribution in [2.24, 2.45) is 0 Å². The number of rotatable bonds is 9. The van der Waals surface area contributed by atoms with Crippen LogP contribution in [0.15, 0.2) is 59.8 Å². The first-order valence-corrected chi connectivity index (χ1v) is 9.15. The lowest BCUT2D eigenvalue weighted by Crippen LogP contribution is -2.02. The van der Waals surface area contributed by atoms with Crippen LogP contribution in [-0.4, -0.2) is 13.2 Å². The number of hydrogen-bond donors (Lipinski definition) is 0. The zero-order valence-electron chi connectivity index (χ0n) is 16.2. The molecule has 0 saturated heterocycles. The Hall–Kier alpha value is -4.52. The van der Waals surface area contributed by atoms with E-state index < -0.39 is 0 Å². The first kappa shape index (κ1) is 21.8. The molecule has 0 saturated carbocycles. The predicted molar refractivity (Wildman–Crippen MR) is 113 cm³/mol. The molecule has 0 bridgehead atoms. The Kier molecular flexibility index (Phi) is 8.74. The Morgan fingerprint density at radius 3 is 1.63 bits per heavy atom. The summed E-state index contributed by atoms with van der Waals surface area (Å²) >= 11 is 0. The summed E-state index contributed by atoms with van der Waals surface area (Å²) in [7, 11) is 0. The second-order valence-electron chi connectivity index (χ2n) is 6.08. The Balaban J connectivity index is 1.69. The van der Waals surface area contributed by atoms with E-state index in [1.165, 1.54) is 12.2 Å². The Morgan fingerprint density at radius 1 is 0.767 bits per heavy atom. The van der Waals surface area contributed by atoms with Crippen molar-refractivity contribution in [3.63, 3.8) is 0 Å². The summed E-state index contributed by atoms with van der Waals surface area (Å²) in [5.74, 6) is 1.45. The van der Waals surface area contributed by atoms with Gasteiger partial charge in [0.1, 0.15) is 29.2 Å². The van der Waals surface area contributed by atoms with Crippen molar-refractivity contribution >= 4 is 12.2 Å². The maximum absolute atomic E-state index is 8.77. The van der Waals surface area contributed by atoms with Crippen molar-refractivity contribution in [2.75, 3.05) is 13.2 Å². The number of benzene rings is 2. The lowest BCUT2D eigenvalue weighted by Gasteiger charge is -2.08. The van der Waals surface area contributed by atoms with Gasteiger partial charge in [-0.15, -0.1) is 0 Å². The summed E-state index contributed by atoms with van der Waals surface area (Å²) in [6, 6.07) is 19.9. The predicted octanol–water partition coefficient (Wildman–Crippen LogP) is 5.14. The van der Waals surface area contributed by atoms with Gasteiger partial charge in [-0.3, -0.25) is 0 Å². The number of ether oxygens (including phenoxy) is 2. The van der Waals surface area contributed by atoms with Gasteiger partial charge in [0.05, 0.1) is 25.9 Å². The normalized spacial score (nSPS) is 9.93. The van der Waals surface area contributed by atoms with Gasteiger partial charge in [-0.2, -0.15) is 10.5 Å². The molecule has 6 heteroatoms. The van der Waals surface area contributed by atoms with Crippen molar-refractivity contribution in [3.05, 3.63) is 82.3 Å². The van der Waals surface area contributed by atoms with E-state index in [0.29, 0.717) is 13.2 Å². The Morgan fingerprint density at radius 2 is 1.23 bits per heavy atom. The van der Waals surface area contributed by atoms with Gasteiger partial charge in [0.15, 0.2) is 0 Å².